The minimum Gasteiger partial charge on any atom is -0.327 e. The number of benzene rings is 1. The molecule has 1 nitrogen and oxygen atoms in total. The van der Waals surface area contributed by atoms with Gasteiger partial charge in [-0.1, -0.05) is 24.6 Å². The van der Waals surface area contributed by atoms with Crippen molar-refractivity contribution in [3.8, 4) is 0 Å². The molecule has 3 atom stereocenters. The largest absolute Gasteiger partial charge is 0.327 e. The lowest BCUT2D eigenvalue weighted by molar-refractivity contribution is 0.556. The van der Waals surface area contributed by atoms with Crippen molar-refractivity contribution in [1.82, 2.24) is 0 Å². The molecule has 2 rings (SSSR count). The fourth-order valence-electron chi connectivity index (χ4n) is 2.04. The van der Waals surface area contributed by atoms with E-state index >= 15 is 0 Å². The normalized spacial score (nSPS) is 26.4. The molecule has 0 saturated heterocycles. The smallest absolute Gasteiger partial charge is 0.142 e. The van der Waals surface area contributed by atoms with Crippen LogP contribution in [0.1, 0.15) is 18.9 Å². The van der Waals surface area contributed by atoms with Gasteiger partial charge >= 0.3 is 0 Å². The second kappa shape index (κ2) is 4.11. The van der Waals surface area contributed by atoms with Crippen LogP contribution in [0.5, 0.6) is 0 Å². The predicted molar refractivity (Wildman–Crippen MR) is 60.4 cm³/mol. The summed E-state index contributed by atoms with van der Waals surface area (Å²) in [5, 5.41) is 0.173. The van der Waals surface area contributed by atoms with Gasteiger partial charge in [-0.25, -0.2) is 4.39 Å². The van der Waals surface area contributed by atoms with E-state index in [-0.39, 0.29) is 16.9 Å². The van der Waals surface area contributed by atoms with E-state index < -0.39 is 0 Å². The third-order valence-electron chi connectivity index (χ3n) is 3.18. The Labute approximate surface area is 94.4 Å². The van der Waals surface area contributed by atoms with Crippen LogP contribution >= 0.6 is 11.6 Å². The van der Waals surface area contributed by atoms with Gasteiger partial charge in [-0.05, 0) is 42.4 Å². The molecule has 82 valence electrons. The highest BCUT2D eigenvalue weighted by atomic mass is 35.5. The molecule has 2 N–H and O–H groups in total. The molecule has 1 aliphatic carbocycles. The summed E-state index contributed by atoms with van der Waals surface area (Å²) in [7, 11) is 0. The molecule has 1 aliphatic rings. The molecule has 1 fully saturated rings. The van der Waals surface area contributed by atoms with Crippen LogP contribution in [0, 0.1) is 17.7 Å². The van der Waals surface area contributed by atoms with E-state index in [1.165, 1.54) is 12.5 Å². The van der Waals surface area contributed by atoms with Crippen LogP contribution in [0.25, 0.3) is 0 Å². The lowest BCUT2D eigenvalue weighted by Crippen LogP contribution is -2.25. The minimum atomic E-state index is -0.356. The first kappa shape index (κ1) is 10.9. The third-order valence-corrected chi connectivity index (χ3v) is 3.48. The molecule has 1 aromatic rings. The quantitative estimate of drug-likeness (QED) is 0.844. The number of rotatable bonds is 3. The predicted octanol–water partition coefficient (Wildman–Crippen LogP) is 3.00. The van der Waals surface area contributed by atoms with Crippen LogP contribution in [0.2, 0.25) is 5.02 Å². The summed E-state index contributed by atoms with van der Waals surface area (Å²) in [6.45, 7) is 2.20. The number of hydrogen-bond donors (Lipinski definition) is 1. The molecule has 0 spiro atoms. The maximum atomic E-state index is 13.2. The molecular weight excluding hydrogens is 213 g/mol. The van der Waals surface area contributed by atoms with Gasteiger partial charge in [0.1, 0.15) is 5.82 Å². The first-order chi connectivity index (χ1) is 7.08. The van der Waals surface area contributed by atoms with E-state index in [1.54, 1.807) is 6.07 Å². The summed E-state index contributed by atoms with van der Waals surface area (Å²) in [6.07, 6.45) is 1.94. The first-order valence-corrected chi connectivity index (χ1v) is 5.65. The molecule has 0 radical (unpaired) electrons. The number of halogens is 2. The van der Waals surface area contributed by atoms with Crippen molar-refractivity contribution in [3.05, 3.63) is 34.6 Å². The standard InChI is InChI=1S/C12H15ClFN/c1-7-4-9(7)12(15)6-8-2-3-10(13)11(14)5-8/h2-3,5,7,9,12H,4,6,15H2,1H3. The second-order valence-corrected chi connectivity index (χ2v) is 4.90. The Morgan fingerprint density at radius 1 is 1.60 bits per heavy atom. The summed E-state index contributed by atoms with van der Waals surface area (Å²) >= 11 is 5.61. The van der Waals surface area contributed by atoms with Crippen molar-refractivity contribution < 1.29 is 4.39 Å². The highest BCUT2D eigenvalue weighted by molar-refractivity contribution is 6.30. The zero-order valence-corrected chi connectivity index (χ0v) is 9.47. The second-order valence-electron chi connectivity index (χ2n) is 4.49. The van der Waals surface area contributed by atoms with Crippen LogP contribution in [0.3, 0.4) is 0 Å². The first-order valence-electron chi connectivity index (χ1n) is 5.27. The molecule has 0 heterocycles. The van der Waals surface area contributed by atoms with Crippen molar-refractivity contribution in [2.45, 2.75) is 25.8 Å². The zero-order valence-electron chi connectivity index (χ0n) is 8.71. The van der Waals surface area contributed by atoms with Crippen molar-refractivity contribution in [3.63, 3.8) is 0 Å². The van der Waals surface area contributed by atoms with Crippen LogP contribution in [-0.4, -0.2) is 6.04 Å². The Morgan fingerprint density at radius 2 is 2.27 bits per heavy atom. The third kappa shape index (κ3) is 2.50. The Morgan fingerprint density at radius 3 is 2.80 bits per heavy atom. The van der Waals surface area contributed by atoms with E-state index in [0.29, 0.717) is 5.92 Å². The Hall–Kier alpha value is -0.600. The topological polar surface area (TPSA) is 26.0 Å². The molecule has 1 saturated carbocycles. The maximum Gasteiger partial charge on any atom is 0.142 e. The van der Waals surface area contributed by atoms with Gasteiger partial charge in [0.05, 0.1) is 5.02 Å². The van der Waals surface area contributed by atoms with Gasteiger partial charge in [0.25, 0.3) is 0 Å². The van der Waals surface area contributed by atoms with Gasteiger partial charge < -0.3 is 5.73 Å². The molecule has 0 amide bonds. The van der Waals surface area contributed by atoms with Crippen molar-refractivity contribution >= 4 is 11.6 Å². The van der Waals surface area contributed by atoms with Gasteiger partial charge in [-0.3, -0.25) is 0 Å². The van der Waals surface area contributed by atoms with E-state index in [4.69, 9.17) is 17.3 Å². The summed E-state index contributed by atoms with van der Waals surface area (Å²) in [5.74, 6) is 0.992. The summed E-state index contributed by atoms with van der Waals surface area (Å²) in [5.41, 5.74) is 6.97. The summed E-state index contributed by atoms with van der Waals surface area (Å²) in [6, 6.07) is 5.07. The number of hydrogen-bond acceptors (Lipinski definition) is 1. The minimum absolute atomic E-state index is 0.153. The van der Waals surface area contributed by atoms with Gasteiger partial charge in [0, 0.05) is 6.04 Å². The molecule has 15 heavy (non-hydrogen) atoms. The van der Waals surface area contributed by atoms with Crippen molar-refractivity contribution in [2.75, 3.05) is 0 Å². The molecule has 0 aliphatic heterocycles. The van der Waals surface area contributed by atoms with E-state index in [0.717, 1.165) is 17.9 Å². The summed E-state index contributed by atoms with van der Waals surface area (Å²) in [4.78, 5) is 0. The van der Waals surface area contributed by atoms with Crippen LogP contribution in [0.15, 0.2) is 18.2 Å². The van der Waals surface area contributed by atoms with Gasteiger partial charge in [-0.15, -0.1) is 0 Å². The molecule has 3 heteroatoms. The molecule has 3 unspecified atom stereocenters. The Balaban J connectivity index is 2.01. The van der Waals surface area contributed by atoms with Crippen LogP contribution in [0.4, 0.5) is 4.39 Å². The van der Waals surface area contributed by atoms with Gasteiger partial charge in [0.15, 0.2) is 0 Å². The van der Waals surface area contributed by atoms with Gasteiger partial charge in [0.2, 0.25) is 0 Å². The maximum absolute atomic E-state index is 13.2. The van der Waals surface area contributed by atoms with Crippen molar-refractivity contribution in [1.29, 1.82) is 0 Å². The average Bonchev–Trinajstić information content (AvgIpc) is 2.89. The lowest BCUT2D eigenvalue weighted by atomic mass is 10.0. The summed E-state index contributed by atoms with van der Waals surface area (Å²) < 4.78 is 13.2. The molecule has 0 aromatic heterocycles. The highest BCUT2D eigenvalue weighted by Gasteiger charge is 2.37. The van der Waals surface area contributed by atoms with Crippen LogP contribution in [-0.2, 0) is 6.42 Å². The number of nitrogens with two attached hydrogens (primary N) is 1. The van der Waals surface area contributed by atoms with Crippen molar-refractivity contribution in [2.24, 2.45) is 17.6 Å². The monoisotopic (exact) mass is 227 g/mol. The highest BCUT2D eigenvalue weighted by Crippen LogP contribution is 2.40. The molecule has 1 aromatic carbocycles. The Bertz CT molecular complexity index is 367. The van der Waals surface area contributed by atoms with Gasteiger partial charge in [-0.2, -0.15) is 0 Å². The SMILES string of the molecule is CC1CC1C(N)Cc1ccc(Cl)c(F)c1. The average molecular weight is 228 g/mol. The molecule has 0 bridgehead atoms. The van der Waals surface area contributed by atoms with E-state index in [1.807, 2.05) is 6.07 Å². The molecular formula is C12H15ClFN. The fraction of sp³-hybridized carbons (Fsp3) is 0.500. The van der Waals surface area contributed by atoms with Crippen LogP contribution < -0.4 is 5.73 Å². The zero-order chi connectivity index (χ0) is 11.0. The van der Waals surface area contributed by atoms with E-state index in [9.17, 15) is 4.39 Å². The fourth-order valence-corrected chi connectivity index (χ4v) is 2.16. The lowest BCUT2D eigenvalue weighted by Gasteiger charge is -2.11. The Kier molecular flexibility index (Phi) is 2.98. The van der Waals surface area contributed by atoms with E-state index in [2.05, 4.69) is 6.92 Å².